The molecule has 0 spiro atoms. The summed E-state index contributed by atoms with van der Waals surface area (Å²) in [6.07, 6.45) is 3.40. The van der Waals surface area contributed by atoms with Crippen LogP contribution in [0.2, 0.25) is 0 Å². The molecule has 0 bridgehead atoms. The van der Waals surface area contributed by atoms with Crippen LogP contribution >= 0.6 is 15.9 Å². The van der Waals surface area contributed by atoms with Gasteiger partial charge in [0.1, 0.15) is 5.69 Å². The fraction of sp³-hybridized carbons (Fsp3) is 0.500. The Morgan fingerprint density at radius 1 is 1.47 bits per heavy atom. The Kier molecular flexibility index (Phi) is 3.66. The van der Waals surface area contributed by atoms with E-state index in [1.807, 2.05) is 6.07 Å². The summed E-state index contributed by atoms with van der Waals surface area (Å²) < 4.78 is 0.806. The Bertz CT molecular complexity index is 437. The smallest absolute Gasteiger partial charge is 0.293 e. The van der Waals surface area contributed by atoms with Gasteiger partial charge in [0.15, 0.2) is 0 Å². The van der Waals surface area contributed by atoms with Crippen molar-refractivity contribution in [2.45, 2.75) is 32.2 Å². The molecule has 0 N–H and O–H groups in total. The quantitative estimate of drug-likeness (QED) is 0.617. The molecule has 1 unspecified atom stereocenters. The van der Waals surface area contributed by atoms with E-state index in [1.54, 1.807) is 12.1 Å². The highest BCUT2D eigenvalue weighted by Gasteiger charge is 2.27. The van der Waals surface area contributed by atoms with Gasteiger partial charge in [-0.2, -0.15) is 0 Å². The molecular weight excluding hydrogens is 284 g/mol. The van der Waals surface area contributed by atoms with Gasteiger partial charge in [-0.25, -0.2) is 0 Å². The predicted molar refractivity (Wildman–Crippen MR) is 71.5 cm³/mol. The molecule has 1 fully saturated rings. The van der Waals surface area contributed by atoms with Gasteiger partial charge in [-0.1, -0.05) is 6.07 Å². The van der Waals surface area contributed by atoms with Gasteiger partial charge in [0.25, 0.3) is 5.69 Å². The van der Waals surface area contributed by atoms with E-state index in [0.717, 1.165) is 29.5 Å². The molecule has 1 aromatic rings. The highest BCUT2D eigenvalue weighted by Crippen LogP contribution is 2.38. The molecule has 0 radical (unpaired) electrons. The van der Waals surface area contributed by atoms with Crippen LogP contribution in [0.3, 0.4) is 0 Å². The number of anilines is 1. The van der Waals surface area contributed by atoms with Crippen molar-refractivity contribution in [3.05, 3.63) is 32.8 Å². The first-order chi connectivity index (χ1) is 8.11. The molecule has 2 rings (SSSR count). The summed E-state index contributed by atoms with van der Waals surface area (Å²) in [4.78, 5) is 12.9. The first kappa shape index (κ1) is 12.4. The number of nitro benzene ring substituents is 1. The number of nitro groups is 1. The summed E-state index contributed by atoms with van der Waals surface area (Å²) in [5.41, 5.74) is 0.915. The van der Waals surface area contributed by atoms with Crippen molar-refractivity contribution in [2.75, 3.05) is 11.4 Å². The van der Waals surface area contributed by atoms with Crippen LogP contribution in [-0.4, -0.2) is 17.5 Å². The zero-order valence-corrected chi connectivity index (χ0v) is 11.3. The summed E-state index contributed by atoms with van der Waals surface area (Å²) in [6.45, 7) is 3.02. The summed E-state index contributed by atoms with van der Waals surface area (Å²) in [7, 11) is 0. The second kappa shape index (κ2) is 5.04. The average molecular weight is 299 g/mol. The molecule has 1 heterocycles. The van der Waals surface area contributed by atoms with Crippen molar-refractivity contribution in [3.63, 3.8) is 0 Å². The van der Waals surface area contributed by atoms with Crippen molar-refractivity contribution in [3.8, 4) is 0 Å². The van der Waals surface area contributed by atoms with Crippen LogP contribution in [0.4, 0.5) is 11.4 Å². The molecule has 17 heavy (non-hydrogen) atoms. The molecule has 1 aliphatic heterocycles. The highest BCUT2D eigenvalue weighted by atomic mass is 79.9. The average Bonchev–Trinajstić information content (AvgIpc) is 2.30. The number of rotatable bonds is 2. The largest absolute Gasteiger partial charge is 0.362 e. The van der Waals surface area contributed by atoms with Crippen molar-refractivity contribution in [2.24, 2.45) is 0 Å². The highest BCUT2D eigenvalue weighted by molar-refractivity contribution is 9.10. The molecule has 0 aromatic heterocycles. The maximum absolute atomic E-state index is 11.1. The number of hydrogen-bond acceptors (Lipinski definition) is 3. The minimum atomic E-state index is -0.304. The van der Waals surface area contributed by atoms with Gasteiger partial charge < -0.3 is 4.90 Å². The molecule has 5 heteroatoms. The summed E-state index contributed by atoms with van der Waals surface area (Å²) in [5.74, 6) is 0. The molecule has 0 aliphatic carbocycles. The number of piperidine rings is 1. The van der Waals surface area contributed by atoms with Crippen molar-refractivity contribution >= 4 is 27.3 Å². The van der Waals surface area contributed by atoms with Crippen LogP contribution in [0.15, 0.2) is 22.7 Å². The number of halogens is 1. The third kappa shape index (κ3) is 2.44. The van der Waals surface area contributed by atoms with Gasteiger partial charge in [0.05, 0.1) is 4.92 Å². The van der Waals surface area contributed by atoms with Crippen molar-refractivity contribution in [1.82, 2.24) is 0 Å². The van der Waals surface area contributed by atoms with Crippen LogP contribution < -0.4 is 4.90 Å². The van der Waals surface area contributed by atoms with Gasteiger partial charge >= 0.3 is 0 Å². The van der Waals surface area contributed by atoms with E-state index in [1.165, 1.54) is 6.42 Å². The molecular formula is C12H15BrN2O2. The molecule has 4 nitrogen and oxygen atoms in total. The molecule has 1 saturated heterocycles. The summed E-state index contributed by atoms with van der Waals surface area (Å²) >= 11 is 3.43. The zero-order valence-electron chi connectivity index (χ0n) is 9.73. The second-order valence-corrected chi connectivity index (χ2v) is 5.26. The molecule has 0 amide bonds. The lowest BCUT2D eigenvalue weighted by Crippen LogP contribution is -2.38. The Morgan fingerprint density at radius 3 is 2.88 bits per heavy atom. The van der Waals surface area contributed by atoms with Crippen LogP contribution in [0.1, 0.15) is 26.2 Å². The molecule has 92 valence electrons. The van der Waals surface area contributed by atoms with E-state index in [9.17, 15) is 10.1 Å². The number of nitrogens with zero attached hydrogens (tertiary/aromatic N) is 2. The van der Waals surface area contributed by atoms with Crippen molar-refractivity contribution in [1.29, 1.82) is 0 Å². The van der Waals surface area contributed by atoms with E-state index in [-0.39, 0.29) is 10.6 Å². The third-order valence-electron chi connectivity index (χ3n) is 3.25. The minimum absolute atomic E-state index is 0.188. The molecule has 1 atom stereocenters. The Labute approximate surface area is 109 Å². The van der Waals surface area contributed by atoms with Gasteiger partial charge in [0.2, 0.25) is 0 Å². The van der Waals surface area contributed by atoms with Gasteiger partial charge in [-0.15, -0.1) is 0 Å². The Morgan fingerprint density at radius 2 is 2.24 bits per heavy atom. The minimum Gasteiger partial charge on any atom is -0.362 e. The number of benzene rings is 1. The van der Waals surface area contributed by atoms with Crippen molar-refractivity contribution < 1.29 is 4.92 Å². The van der Waals surface area contributed by atoms with Crippen LogP contribution in [0, 0.1) is 10.1 Å². The monoisotopic (exact) mass is 298 g/mol. The molecule has 1 aliphatic rings. The molecule has 1 aromatic carbocycles. The summed E-state index contributed by atoms with van der Waals surface area (Å²) in [5, 5.41) is 11.1. The standard InChI is InChI=1S/C12H15BrN2O2/c1-9-5-2-3-8-14(9)12-10(13)6-4-7-11(12)15(16)17/h4,6-7,9H,2-3,5,8H2,1H3. The lowest BCUT2D eigenvalue weighted by atomic mass is 10.0. The van der Waals surface area contributed by atoms with Crippen LogP contribution in [0.5, 0.6) is 0 Å². The lowest BCUT2D eigenvalue weighted by Gasteiger charge is -2.35. The number of para-hydroxylation sites is 1. The summed E-state index contributed by atoms with van der Waals surface area (Å²) in [6, 6.07) is 5.51. The number of hydrogen-bond donors (Lipinski definition) is 0. The van der Waals surface area contributed by atoms with E-state index in [2.05, 4.69) is 27.8 Å². The van der Waals surface area contributed by atoms with Crippen LogP contribution in [-0.2, 0) is 0 Å². The predicted octanol–water partition coefficient (Wildman–Crippen LogP) is 3.74. The molecule has 0 saturated carbocycles. The maximum Gasteiger partial charge on any atom is 0.293 e. The first-order valence-corrected chi connectivity index (χ1v) is 6.60. The maximum atomic E-state index is 11.1. The van der Waals surface area contributed by atoms with E-state index >= 15 is 0 Å². The Hall–Kier alpha value is -1.10. The fourth-order valence-electron chi connectivity index (χ4n) is 2.37. The van der Waals surface area contributed by atoms with Crippen LogP contribution in [0.25, 0.3) is 0 Å². The third-order valence-corrected chi connectivity index (χ3v) is 3.89. The van der Waals surface area contributed by atoms with Gasteiger partial charge in [-0.3, -0.25) is 10.1 Å². The zero-order chi connectivity index (χ0) is 12.4. The Balaban J connectivity index is 2.45. The van der Waals surface area contributed by atoms with E-state index in [0.29, 0.717) is 6.04 Å². The lowest BCUT2D eigenvalue weighted by molar-refractivity contribution is -0.384. The fourth-order valence-corrected chi connectivity index (χ4v) is 2.95. The normalized spacial score (nSPS) is 20.4. The van der Waals surface area contributed by atoms with E-state index in [4.69, 9.17) is 0 Å². The van der Waals surface area contributed by atoms with Gasteiger partial charge in [0, 0.05) is 23.1 Å². The SMILES string of the molecule is CC1CCCCN1c1c(Br)cccc1[N+](=O)[O-]. The van der Waals surface area contributed by atoms with E-state index < -0.39 is 0 Å². The first-order valence-electron chi connectivity index (χ1n) is 5.81. The van der Waals surface area contributed by atoms with Gasteiger partial charge in [-0.05, 0) is 48.2 Å². The second-order valence-electron chi connectivity index (χ2n) is 4.40. The topological polar surface area (TPSA) is 46.4 Å².